The van der Waals surface area contributed by atoms with Crippen molar-refractivity contribution in [1.82, 2.24) is 10.6 Å². The maximum Gasteiger partial charge on any atom is 0.191 e. The Morgan fingerprint density at radius 3 is 2.56 bits per heavy atom. The van der Waals surface area contributed by atoms with Gasteiger partial charge in [-0.3, -0.25) is 4.99 Å². The van der Waals surface area contributed by atoms with Crippen LogP contribution in [0.2, 0.25) is 0 Å². The van der Waals surface area contributed by atoms with Crippen molar-refractivity contribution in [3.8, 4) is 0 Å². The number of rotatable bonds is 5. The van der Waals surface area contributed by atoms with E-state index in [9.17, 15) is 8.78 Å². The molecule has 1 aliphatic rings. The molecule has 0 amide bonds. The van der Waals surface area contributed by atoms with Crippen molar-refractivity contribution < 1.29 is 18.3 Å². The number of halogens is 3. The van der Waals surface area contributed by atoms with E-state index in [0.29, 0.717) is 31.3 Å². The Bertz CT molecular complexity index is 581. The molecule has 8 heteroatoms. The molecular weight excluding hydrogens is 443 g/mol. The number of ether oxygens (including phenoxy) is 2. The third kappa shape index (κ3) is 6.03. The number of nitrogens with one attached hydrogen (secondary N) is 2. The largest absolute Gasteiger partial charge is 0.381 e. The third-order valence-corrected chi connectivity index (χ3v) is 4.44. The van der Waals surface area contributed by atoms with Crippen LogP contribution in [0.1, 0.15) is 31.4 Å². The Labute approximate surface area is 164 Å². The molecule has 0 radical (unpaired) electrons. The Balaban J connectivity index is 0.00000312. The van der Waals surface area contributed by atoms with Crippen molar-refractivity contribution >= 4 is 29.9 Å². The zero-order valence-corrected chi connectivity index (χ0v) is 17.1. The van der Waals surface area contributed by atoms with Crippen LogP contribution in [0.25, 0.3) is 0 Å². The predicted molar refractivity (Wildman–Crippen MR) is 104 cm³/mol. The summed E-state index contributed by atoms with van der Waals surface area (Å²) in [5.41, 5.74) is 0.366. The maximum atomic E-state index is 13.4. The molecule has 1 aromatic carbocycles. The highest BCUT2D eigenvalue weighted by molar-refractivity contribution is 14.0. The van der Waals surface area contributed by atoms with Crippen LogP contribution in [-0.2, 0) is 9.47 Å². The number of methoxy groups -OCH3 is 1. The summed E-state index contributed by atoms with van der Waals surface area (Å²) in [5, 5.41) is 6.42. The molecule has 1 aromatic rings. The summed E-state index contributed by atoms with van der Waals surface area (Å²) in [5.74, 6) is -1.13. The molecule has 0 bridgehead atoms. The summed E-state index contributed by atoms with van der Waals surface area (Å²) in [6, 6.07) is 3.65. The SMILES string of the molecule is CN=C(NCC1(OC)CCOCC1)NC(C)c1ccc(F)c(F)c1.I. The standard InChI is InChI=1S/C17H25F2N3O2.HI/c1-12(13-4-5-14(18)15(19)10-13)22-16(20-2)21-11-17(23-3)6-8-24-9-7-17;/h4-5,10,12H,6-9,11H2,1-3H3,(H2,20,21,22);1H. The van der Waals surface area contributed by atoms with Crippen molar-refractivity contribution in [3.05, 3.63) is 35.4 Å². The fourth-order valence-corrected chi connectivity index (χ4v) is 2.71. The molecule has 142 valence electrons. The van der Waals surface area contributed by atoms with E-state index in [1.165, 1.54) is 6.07 Å². The number of hydrogen-bond donors (Lipinski definition) is 2. The van der Waals surface area contributed by atoms with Crippen molar-refractivity contribution in [2.75, 3.05) is 33.9 Å². The first-order valence-corrected chi connectivity index (χ1v) is 8.05. The molecule has 1 heterocycles. The van der Waals surface area contributed by atoms with Crippen LogP contribution < -0.4 is 10.6 Å². The van der Waals surface area contributed by atoms with E-state index in [2.05, 4.69) is 15.6 Å². The number of aliphatic imine (C=N–C) groups is 1. The smallest absolute Gasteiger partial charge is 0.191 e. The van der Waals surface area contributed by atoms with E-state index >= 15 is 0 Å². The Kier molecular flexibility index (Phi) is 9.01. The summed E-state index contributed by atoms with van der Waals surface area (Å²) in [7, 11) is 3.36. The summed E-state index contributed by atoms with van der Waals surface area (Å²) < 4.78 is 37.5. The van der Waals surface area contributed by atoms with Gasteiger partial charge in [-0.25, -0.2) is 8.78 Å². The van der Waals surface area contributed by atoms with Gasteiger partial charge in [0, 0.05) is 46.8 Å². The van der Waals surface area contributed by atoms with E-state index in [-0.39, 0.29) is 35.6 Å². The first-order valence-electron chi connectivity index (χ1n) is 8.05. The highest BCUT2D eigenvalue weighted by Gasteiger charge is 2.32. The molecule has 2 rings (SSSR count). The predicted octanol–water partition coefficient (Wildman–Crippen LogP) is 3.00. The van der Waals surface area contributed by atoms with E-state index < -0.39 is 11.6 Å². The van der Waals surface area contributed by atoms with Gasteiger partial charge in [0.05, 0.1) is 11.6 Å². The fraction of sp³-hybridized carbons (Fsp3) is 0.588. The first kappa shape index (κ1) is 22.0. The highest BCUT2D eigenvalue weighted by atomic mass is 127. The van der Waals surface area contributed by atoms with Crippen LogP contribution in [0.4, 0.5) is 8.78 Å². The van der Waals surface area contributed by atoms with Crippen molar-refractivity contribution in [3.63, 3.8) is 0 Å². The molecule has 1 aliphatic heterocycles. The van der Waals surface area contributed by atoms with Gasteiger partial charge in [0.1, 0.15) is 0 Å². The van der Waals surface area contributed by atoms with Crippen LogP contribution in [-0.4, -0.2) is 45.5 Å². The lowest BCUT2D eigenvalue weighted by Crippen LogP contribution is -2.51. The zero-order valence-electron chi connectivity index (χ0n) is 14.8. The molecule has 0 aromatic heterocycles. The Morgan fingerprint density at radius 1 is 1.32 bits per heavy atom. The Morgan fingerprint density at radius 2 is 2.00 bits per heavy atom. The van der Waals surface area contributed by atoms with Crippen molar-refractivity contribution in [1.29, 1.82) is 0 Å². The summed E-state index contributed by atoms with van der Waals surface area (Å²) in [6.45, 7) is 3.80. The minimum atomic E-state index is -0.857. The van der Waals surface area contributed by atoms with Crippen LogP contribution in [0, 0.1) is 11.6 Å². The normalized spacial score (nSPS) is 18.2. The van der Waals surface area contributed by atoms with Gasteiger partial charge in [0.2, 0.25) is 0 Å². The fourth-order valence-electron chi connectivity index (χ4n) is 2.71. The minimum absolute atomic E-state index is 0. The van der Waals surface area contributed by atoms with E-state index in [1.807, 2.05) is 6.92 Å². The van der Waals surface area contributed by atoms with Crippen molar-refractivity contribution in [2.24, 2.45) is 4.99 Å². The molecule has 1 saturated heterocycles. The quantitative estimate of drug-likeness (QED) is 0.396. The van der Waals surface area contributed by atoms with E-state index in [0.717, 1.165) is 18.9 Å². The lowest BCUT2D eigenvalue weighted by atomic mass is 9.94. The average molecular weight is 469 g/mol. The number of nitrogens with zero attached hydrogens (tertiary/aromatic N) is 1. The average Bonchev–Trinajstić information content (AvgIpc) is 2.61. The molecule has 1 unspecified atom stereocenters. The lowest BCUT2D eigenvalue weighted by Gasteiger charge is -2.36. The third-order valence-electron chi connectivity index (χ3n) is 4.44. The lowest BCUT2D eigenvalue weighted by molar-refractivity contribution is -0.0855. The molecule has 2 N–H and O–H groups in total. The molecule has 1 fully saturated rings. The van der Waals surface area contributed by atoms with Gasteiger partial charge in [-0.15, -0.1) is 24.0 Å². The molecule has 5 nitrogen and oxygen atoms in total. The van der Waals surface area contributed by atoms with E-state index in [4.69, 9.17) is 9.47 Å². The molecule has 0 aliphatic carbocycles. The van der Waals surface area contributed by atoms with Gasteiger partial charge in [0.15, 0.2) is 17.6 Å². The molecule has 0 spiro atoms. The summed E-state index contributed by atoms with van der Waals surface area (Å²) in [4.78, 5) is 4.18. The second kappa shape index (κ2) is 10.2. The minimum Gasteiger partial charge on any atom is -0.381 e. The topological polar surface area (TPSA) is 54.9 Å². The summed E-state index contributed by atoms with van der Waals surface area (Å²) >= 11 is 0. The number of benzene rings is 1. The highest BCUT2D eigenvalue weighted by Crippen LogP contribution is 2.23. The van der Waals surface area contributed by atoms with Crippen molar-refractivity contribution in [2.45, 2.75) is 31.4 Å². The monoisotopic (exact) mass is 469 g/mol. The van der Waals surface area contributed by atoms with Crippen LogP contribution in [0.15, 0.2) is 23.2 Å². The summed E-state index contributed by atoms with van der Waals surface area (Å²) in [6.07, 6.45) is 1.62. The second-order valence-electron chi connectivity index (χ2n) is 5.96. The van der Waals surface area contributed by atoms with Crippen LogP contribution in [0.5, 0.6) is 0 Å². The maximum absolute atomic E-state index is 13.4. The van der Waals surface area contributed by atoms with Gasteiger partial charge in [-0.05, 0) is 24.6 Å². The van der Waals surface area contributed by atoms with Gasteiger partial charge in [-0.1, -0.05) is 6.07 Å². The number of guanidine groups is 1. The van der Waals surface area contributed by atoms with Gasteiger partial charge >= 0.3 is 0 Å². The molecule has 0 saturated carbocycles. The van der Waals surface area contributed by atoms with Crippen LogP contribution in [0.3, 0.4) is 0 Å². The molecular formula is C17H26F2IN3O2. The molecule has 25 heavy (non-hydrogen) atoms. The van der Waals surface area contributed by atoms with Crippen LogP contribution >= 0.6 is 24.0 Å². The zero-order chi connectivity index (χ0) is 17.6. The number of hydrogen-bond acceptors (Lipinski definition) is 3. The van der Waals surface area contributed by atoms with Gasteiger partial charge < -0.3 is 20.1 Å². The second-order valence-corrected chi connectivity index (χ2v) is 5.96. The van der Waals surface area contributed by atoms with Gasteiger partial charge in [0.25, 0.3) is 0 Å². The van der Waals surface area contributed by atoms with E-state index in [1.54, 1.807) is 20.2 Å². The first-order chi connectivity index (χ1) is 11.5. The molecule has 1 atom stereocenters. The van der Waals surface area contributed by atoms with Gasteiger partial charge in [-0.2, -0.15) is 0 Å². The Hall–Kier alpha value is -1.00.